The molecule has 1 nitrogen and oxygen atoms in total. The summed E-state index contributed by atoms with van der Waals surface area (Å²) in [5, 5.41) is 0. The van der Waals surface area contributed by atoms with Crippen LogP contribution < -0.4 is 5.73 Å². The van der Waals surface area contributed by atoms with Crippen molar-refractivity contribution in [3.8, 4) is 0 Å². The first-order chi connectivity index (χ1) is 4.95. The van der Waals surface area contributed by atoms with Crippen LogP contribution in [-0.4, -0.2) is 6.04 Å². The first kappa shape index (κ1) is 11.0. The molecule has 68 valence electrons. The van der Waals surface area contributed by atoms with Crippen LogP contribution >= 0.6 is 0 Å². The molecule has 3 atom stereocenters. The molecule has 0 bridgehead atoms. The molecule has 0 aromatic rings. The molecule has 0 spiro atoms. The molecule has 0 fully saturated rings. The van der Waals surface area contributed by atoms with Gasteiger partial charge in [0.1, 0.15) is 0 Å². The molecule has 0 amide bonds. The van der Waals surface area contributed by atoms with Crippen LogP contribution in [0.3, 0.4) is 0 Å². The van der Waals surface area contributed by atoms with Gasteiger partial charge in [-0.25, -0.2) is 0 Å². The van der Waals surface area contributed by atoms with E-state index in [4.69, 9.17) is 5.73 Å². The van der Waals surface area contributed by atoms with Crippen molar-refractivity contribution < 1.29 is 0 Å². The van der Waals surface area contributed by atoms with E-state index in [0.717, 1.165) is 11.8 Å². The molecule has 0 radical (unpaired) electrons. The highest BCUT2D eigenvalue weighted by molar-refractivity contribution is 4.68. The van der Waals surface area contributed by atoms with Crippen molar-refractivity contribution in [2.75, 3.05) is 0 Å². The monoisotopic (exact) mass is 157 g/mol. The van der Waals surface area contributed by atoms with E-state index in [1.54, 1.807) is 0 Å². The highest BCUT2D eigenvalue weighted by Crippen LogP contribution is 2.20. The van der Waals surface area contributed by atoms with Crippen molar-refractivity contribution in [2.24, 2.45) is 23.5 Å². The zero-order valence-corrected chi connectivity index (χ0v) is 8.59. The Morgan fingerprint density at radius 1 is 0.909 bits per heavy atom. The minimum atomic E-state index is 0.344. The quantitative estimate of drug-likeness (QED) is 0.667. The maximum atomic E-state index is 5.78. The van der Waals surface area contributed by atoms with Crippen LogP contribution in [0, 0.1) is 17.8 Å². The topological polar surface area (TPSA) is 26.0 Å². The molecule has 0 aliphatic heterocycles. The fraction of sp³-hybridized carbons (Fsp3) is 1.00. The van der Waals surface area contributed by atoms with Gasteiger partial charge >= 0.3 is 0 Å². The molecule has 0 aromatic carbocycles. The molecular weight excluding hydrogens is 134 g/mol. The van der Waals surface area contributed by atoms with E-state index in [9.17, 15) is 0 Å². The summed E-state index contributed by atoms with van der Waals surface area (Å²) < 4.78 is 0. The molecule has 2 N–H and O–H groups in total. The summed E-state index contributed by atoms with van der Waals surface area (Å²) >= 11 is 0. The Morgan fingerprint density at radius 2 is 1.36 bits per heavy atom. The summed E-state index contributed by atoms with van der Waals surface area (Å²) in [6.45, 7) is 11.2. The molecule has 0 rings (SSSR count). The zero-order chi connectivity index (χ0) is 9.02. The third-order valence-corrected chi connectivity index (χ3v) is 2.78. The Hall–Kier alpha value is -0.0400. The van der Waals surface area contributed by atoms with Gasteiger partial charge in [0.15, 0.2) is 0 Å². The molecular formula is C10H23N. The minimum absolute atomic E-state index is 0.344. The van der Waals surface area contributed by atoms with Gasteiger partial charge in [0.25, 0.3) is 0 Å². The van der Waals surface area contributed by atoms with Crippen LogP contribution in [0.25, 0.3) is 0 Å². The lowest BCUT2D eigenvalue weighted by molar-refractivity contribution is 0.308. The summed E-state index contributed by atoms with van der Waals surface area (Å²) in [7, 11) is 0. The predicted molar refractivity (Wildman–Crippen MR) is 51.4 cm³/mol. The fourth-order valence-corrected chi connectivity index (χ4v) is 1.07. The summed E-state index contributed by atoms with van der Waals surface area (Å²) in [4.78, 5) is 0. The van der Waals surface area contributed by atoms with Gasteiger partial charge in [0.2, 0.25) is 0 Å². The average Bonchev–Trinajstić information content (AvgIpc) is 1.87. The Morgan fingerprint density at radius 3 is 1.64 bits per heavy atom. The number of hydrogen-bond acceptors (Lipinski definition) is 1. The van der Waals surface area contributed by atoms with E-state index in [1.807, 2.05) is 0 Å². The molecule has 0 saturated carbocycles. The van der Waals surface area contributed by atoms with Gasteiger partial charge in [0.05, 0.1) is 0 Å². The second kappa shape index (κ2) is 4.76. The van der Waals surface area contributed by atoms with Gasteiger partial charge in [0, 0.05) is 6.04 Å². The summed E-state index contributed by atoms with van der Waals surface area (Å²) in [5.74, 6) is 2.25. The molecule has 0 saturated heterocycles. The Kier molecular flexibility index (Phi) is 4.74. The van der Waals surface area contributed by atoms with Crippen molar-refractivity contribution >= 4 is 0 Å². The van der Waals surface area contributed by atoms with Crippen molar-refractivity contribution in [2.45, 2.75) is 47.1 Å². The van der Waals surface area contributed by atoms with Gasteiger partial charge in [-0.15, -0.1) is 0 Å². The van der Waals surface area contributed by atoms with E-state index in [0.29, 0.717) is 12.0 Å². The first-order valence-electron chi connectivity index (χ1n) is 4.70. The number of hydrogen-bond donors (Lipinski definition) is 1. The van der Waals surface area contributed by atoms with Crippen molar-refractivity contribution in [1.82, 2.24) is 0 Å². The van der Waals surface area contributed by atoms with E-state index >= 15 is 0 Å². The van der Waals surface area contributed by atoms with E-state index in [1.165, 1.54) is 6.42 Å². The molecule has 0 aliphatic rings. The highest BCUT2D eigenvalue weighted by Gasteiger charge is 2.14. The summed E-state index contributed by atoms with van der Waals surface area (Å²) in [6, 6.07) is 0.344. The maximum Gasteiger partial charge on any atom is 0.00362 e. The molecule has 0 heterocycles. The lowest BCUT2D eigenvalue weighted by Gasteiger charge is -2.22. The van der Waals surface area contributed by atoms with E-state index in [2.05, 4.69) is 34.6 Å². The normalized spacial score (nSPS) is 19.9. The third-order valence-electron chi connectivity index (χ3n) is 2.78. The SMILES string of the molecule is CC(C)C(C)CC(C)C(C)N. The Balaban J connectivity index is 3.66. The predicted octanol–water partition coefficient (Wildman–Crippen LogP) is 2.65. The Labute approximate surface area is 71.4 Å². The molecule has 11 heavy (non-hydrogen) atoms. The number of rotatable bonds is 4. The van der Waals surface area contributed by atoms with Crippen LogP contribution in [0.4, 0.5) is 0 Å². The van der Waals surface area contributed by atoms with Gasteiger partial charge in [-0.3, -0.25) is 0 Å². The van der Waals surface area contributed by atoms with Gasteiger partial charge in [-0.2, -0.15) is 0 Å². The smallest absolute Gasteiger partial charge is 0.00362 e. The highest BCUT2D eigenvalue weighted by atomic mass is 14.6. The summed E-state index contributed by atoms with van der Waals surface area (Å²) in [6.07, 6.45) is 1.26. The third kappa shape index (κ3) is 4.41. The van der Waals surface area contributed by atoms with Gasteiger partial charge < -0.3 is 5.73 Å². The van der Waals surface area contributed by atoms with Crippen LogP contribution in [0.1, 0.15) is 41.0 Å². The lowest BCUT2D eigenvalue weighted by atomic mass is 9.86. The molecule has 1 heteroatoms. The number of nitrogens with two attached hydrogens (primary N) is 1. The Bertz CT molecular complexity index is 85.0. The molecule has 0 aromatic heterocycles. The van der Waals surface area contributed by atoms with Crippen LogP contribution in [-0.2, 0) is 0 Å². The van der Waals surface area contributed by atoms with Gasteiger partial charge in [-0.1, -0.05) is 27.7 Å². The van der Waals surface area contributed by atoms with E-state index < -0.39 is 0 Å². The summed E-state index contributed by atoms with van der Waals surface area (Å²) in [5.41, 5.74) is 5.78. The largest absolute Gasteiger partial charge is 0.328 e. The van der Waals surface area contributed by atoms with Crippen LogP contribution in [0.2, 0.25) is 0 Å². The van der Waals surface area contributed by atoms with Crippen LogP contribution in [0.5, 0.6) is 0 Å². The van der Waals surface area contributed by atoms with Gasteiger partial charge in [-0.05, 0) is 31.1 Å². The lowest BCUT2D eigenvalue weighted by Crippen LogP contribution is -2.26. The zero-order valence-electron chi connectivity index (χ0n) is 8.59. The first-order valence-corrected chi connectivity index (χ1v) is 4.70. The van der Waals surface area contributed by atoms with Crippen LogP contribution in [0.15, 0.2) is 0 Å². The van der Waals surface area contributed by atoms with E-state index in [-0.39, 0.29) is 0 Å². The molecule has 0 aliphatic carbocycles. The average molecular weight is 157 g/mol. The van der Waals surface area contributed by atoms with Crippen molar-refractivity contribution in [3.05, 3.63) is 0 Å². The minimum Gasteiger partial charge on any atom is -0.328 e. The second-order valence-electron chi connectivity index (χ2n) is 4.29. The molecule has 3 unspecified atom stereocenters. The van der Waals surface area contributed by atoms with Crippen molar-refractivity contribution in [3.63, 3.8) is 0 Å². The fourth-order valence-electron chi connectivity index (χ4n) is 1.07. The second-order valence-corrected chi connectivity index (χ2v) is 4.29. The van der Waals surface area contributed by atoms with Crippen molar-refractivity contribution in [1.29, 1.82) is 0 Å². The maximum absolute atomic E-state index is 5.78. The standard InChI is InChI=1S/C10H23N/c1-7(2)8(3)6-9(4)10(5)11/h7-10H,6,11H2,1-5H3.